The van der Waals surface area contributed by atoms with Crippen LogP contribution in [0.4, 0.5) is 0 Å². The van der Waals surface area contributed by atoms with Gasteiger partial charge in [0.2, 0.25) is 5.91 Å². The summed E-state index contributed by atoms with van der Waals surface area (Å²) in [7, 11) is 0. The van der Waals surface area contributed by atoms with E-state index in [2.05, 4.69) is 5.32 Å². The molecule has 0 spiro atoms. The second-order valence-corrected chi connectivity index (χ2v) is 6.56. The zero-order chi connectivity index (χ0) is 15.4. The van der Waals surface area contributed by atoms with Gasteiger partial charge in [-0.2, -0.15) is 0 Å². The van der Waals surface area contributed by atoms with E-state index in [4.69, 9.17) is 5.11 Å². The number of amides is 1. The van der Waals surface area contributed by atoms with Crippen molar-refractivity contribution in [2.24, 2.45) is 5.92 Å². The molecule has 4 unspecified atom stereocenters. The van der Waals surface area contributed by atoms with E-state index in [1.807, 2.05) is 13.8 Å². The van der Waals surface area contributed by atoms with Crippen molar-refractivity contribution in [3.8, 4) is 0 Å². The molecule has 2 N–H and O–H groups in total. The number of nitrogens with one attached hydrogen (secondary N) is 1. The molecule has 0 aromatic rings. The second kappa shape index (κ2) is 7.25. The Morgan fingerprint density at radius 3 is 2.62 bits per heavy atom. The first kappa shape index (κ1) is 16.3. The Balaban J connectivity index is 2.01. The van der Waals surface area contributed by atoms with Crippen LogP contribution in [-0.4, -0.2) is 46.6 Å². The van der Waals surface area contributed by atoms with Crippen molar-refractivity contribution in [3.05, 3.63) is 0 Å². The maximum Gasteiger partial charge on any atom is 0.323 e. The van der Waals surface area contributed by atoms with Crippen molar-refractivity contribution in [2.45, 2.75) is 76.9 Å². The minimum absolute atomic E-state index is 0.0283. The Kier molecular flexibility index (Phi) is 5.62. The Hall–Kier alpha value is -1.10. The van der Waals surface area contributed by atoms with Crippen LogP contribution >= 0.6 is 0 Å². The molecule has 0 bridgehead atoms. The third kappa shape index (κ3) is 3.96. The van der Waals surface area contributed by atoms with Crippen LogP contribution in [0.2, 0.25) is 0 Å². The Bertz CT molecular complexity index is 386. The van der Waals surface area contributed by atoms with E-state index >= 15 is 0 Å². The maximum absolute atomic E-state index is 12.7. The first-order valence-electron chi connectivity index (χ1n) is 8.31. The molecule has 1 saturated heterocycles. The lowest BCUT2D eigenvalue weighted by Crippen LogP contribution is -2.57. The van der Waals surface area contributed by atoms with Crippen LogP contribution in [0.15, 0.2) is 0 Å². The molecule has 4 atom stereocenters. The van der Waals surface area contributed by atoms with Crippen molar-refractivity contribution in [2.75, 3.05) is 6.54 Å². The van der Waals surface area contributed by atoms with Gasteiger partial charge in [-0.3, -0.25) is 9.59 Å². The number of rotatable bonds is 5. The van der Waals surface area contributed by atoms with Crippen molar-refractivity contribution in [1.82, 2.24) is 10.2 Å². The molecular weight excluding hydrogens is 268 g/mol. The molecule has 2 rings (SSSR count). The van der Waals surface area contributed by atoms with E-state index in [1.54, 1.807) is 0 Å². The van der Waals surface area contributed by atoms with Gasteiger partial charge in [0.25, 0.3) is 0 Å². The number of carboxylic acid groups (broad SMARTS) is 1. The quantitative estimate of drug-likeness (QED) is 0.814. The summed E-state index contributed by atoms with van der Waals surface area (Å²) in [5, 5.41) is 12.6. The molecule has 120 valence electrons. The minimum atomic E-state index is -0.935. The van der Waals surface area contributed by atoms with E-state index in [0.29, 0.717) is 12.0 Å². The largest absolute Gasteiger partial charge is 0.480 e. The fourth-order valence-corrected chi connectivity index (χ4v) is 3.71. The highest BCUT2D eigenvalue weighted by atomic mass is 16.4. The van der Waals surface area contributed by atoms with Gasteiger partial charge in [-0.1, -0.05) is 19.8 Å². The van der Waals surface area contributed by atoms with Crippen LogP contribution in [-0.2, 0) is 9.59 Å². The van der Waals surface area contributed by atoms with Gasteiger partial charge in [0, 0.05) is 12.1 Å². The van der Waals surface area contributed by atoms with Crippen molar-refractivity contribution < 1.29 is 14.7 Å². The zero-order valence-electron chi connectivity index (χ0n) is 13.2. The predicted octanol–water partition coefficient (Wildman–Crippen LogP) is 2.01. The number of carbonyl (C=O) groups is 2. The summed E-state index contributed by atoms with van der Waals surface area (Å²) in [6.45, 7) is 3.71. The molecule has 1 aliphatic heterocycles. The highest BCUT2D eigenvalue weighted by Crippen LogP contribution is 2.32. The van der Waals surface area contributed by atoms with Crippen molar-refractivity contribution >= 4 is 11.9 Å². The van der Waals surface area contributed by atoms with E-state index in [0.717, 1.165) is 25.7 Å². The van der Waals surface area contributed by atoms with E-state index in [9.17, 15) is 9.59 Å². The summed E-state index contributed by atoms with van der Waals surface area (Å²) >= 11 is 0. The molecule has 1 saturated carbocycles. The molecule has 21 heavy (non-hydrogen) atoms. The van der Waals surface area contributed by atoms with Crippen LogP contribution in [0.3, 0.4) is 0 Å². The first-order chi connectivity index (χ1) is 10.0. The number of fused-ring (bicyclic) bond motifs is 1. The van der Waals surface area contributed by atoms with Crippen LogP contribution < -0.4 is 5.32 Å². The number of carboxylic acids is 1. The molecule has 0 aromatic carbocycles. The van der Waals surface area contributed by atoms with Crippen molar-refractivity contribution in [3.63, 3.8) is 0 Å². The smallest absolute Gasteiger partial charge is 0.323 e. The van der Waals surface area contributed by atoms with E-state index < -0.39 is 5.97 Å². The predicted molar refractivity (Wildman–Crippen MR) is 81.0 cm³/mol. The number of aliphatic carboxylic acids is 1. The van der Waals surface area contributed by atoms with Crippen molar-refractivity contribution in [1.29, 1.82) is 0 Å². The molecule has 2 aliphatic rings. The molecule has 0 radical (unpaired) electrons. The first-order valence-corrected chi connectivity index (χ1v) is 8.31. The lowest BCUT2D eigenvalue weighted by atomic mass is 9.77. The zero-order valence-corrected chi connectivity index (χ0v) is 13.2. The Morgan fingerprint density at radius 2 is 1.95 bits per heavy atom. The normalized spacial score (nSPS) is 30.3. The molecule has 5 nitrogen and oxygen atoms in total. The van der Waals surface area contributed by atoms with Gasteiger partial charge in [0.1, 0.15) is 6.54 Å². The summed E-state index contributed by atoms with van der Waals surface area (Å²) in [6, 6.07) is 0.224. The lowest BCUT2D eigenvalue weighted by Gasteiger charge is -2.41. The van der Waals surface area contributed by atoms with E-state index in [-0.39, 0.29) is 24.5 Å². The average molecular weight is 296 g/mol. The van der Waals surface area contributed by atoms with E-state index in [1.165, 1.54) is 24.2 Å². The molecule has 0 aromatic heterocycles. The van der Waals surface area contributed by atoms with Crippen LogP contribution in [0.1, 0.15) is 58.8 Å². The number of hydrogen-bond acceptors (Lipinski definition) is 3. The fraction of sp³-hybridized carbons (Fsp3) is 0.875. The van der Waals surface area contributed by atoms with Gasteiger partial charge in [0.15, 0.2) is 0 Å². The second-order valence-electron chi connectivity index (χ2n) is 6.56. The molecule has 2 fully saturated rings. The SMILES string of the molecule is CCC(C)N(CC(=O)O)C(=O)C1CCC2CCCCC2N1. The Morgan fingerprint density at radius 1 is 1.24 bits per heavy atom. The van der Waals surface area contributed by atoms with Gasteiger partial charge in [-0.15, -0.1) is 0 Å². The minimum Gasteiger partial charge on any atom is -0.480 e. The summed E-state index contributed by atoms with van der Waals surface area (Å²) in [5.74, 6) is -0.259. The third-order valence-corrected chi connectivity index (χ3v) is 5.16. The topological polar surface area (TPSA) is 69.6 Å². The molecule has 1 amide bonds. The van der Waals surface area contributed by atoms with Gasteiger partial charge >= 0.3 is 5.97 Å². The monoisotopic (exact) mass is 296 g/mol. The van der Waals surface area contributed by atoms with Crippen LogP contribution in [0, 0.1) is 5.92 Å². The summed E-state index contributed by atoms with van der Waals surface area (Å²) < 4.78 is 0. The van der Waals surface area contributed by atoms with Crippen LogP contribution in [0.25, 0.3) is 0 Å². The number of carbonyl (C=O) groups excluding carboxylic acids is 1. The fourth-order valence-electron chi connectivity index (χ4n) is 3.71. The molecule has 1 aliphatic carbocycles. The van der Waals surface area contributed by atoms with Crippen LogP contribution in [0.5, 0.6) is 0 Å². The average Bonchev–Trinajstić information content (AvgIpc) is 2.50. The standard InChI is InChI=1S/C16H28N2O3/c1-3-11(2)18(10-15(19)20)16(21)14-9-8-12-6-4-5-7-13(12)17-14/h11-14,17H,3-10H2,1-2H3,(H,19,20). The van der Waals surface area contributed by atoms with Gasteiger partial charge in [0.05, 0.1) is 6.04 Å². The summed E-state index contributed by atoms with van der Waals surface area (Å²) in [5.41, 5.74) is 0. The summed E-state index contributed by atoms with van der Waals surface area (Å²) in [4.78, 5) is 25.3. The third-order valence-electron chi connectivity index (χ3n) is 5.16. The number of hydrogen-bond donors (Lipinski definition) is 2. The van der Waals surface area contributed by atoms with Gasteiger partial charge in [-0.25, -0.2) is 0 Å². The van der Waals surface area contributed by atoms with Gasteiger partial charge < -0.3 is 15.3 Å². The highest BCUT2D eigenvalue weighted by Gasteiger charge is 2.37. The van der Waals surface area contributed by atoms with Gasteiger partial charge in [-0.05, 0) is 44.9 Å². The maximum atomic E-state index is 12.7. The lowest BCUT2D eigenvalue weighted by molar-refractivity contribution is -0.147. The summed E-state index contributed by atoms with van der Waals surface area (Å²) in [6.07, 6.45) is 7.66. The molecule has 5 heteroatoms. The molecule has 1 heterocycles. The number of piperidine rings is 1. The highest BCUT2D eigenvalue weighted by molar-refractivity contribution is 5.85. The number of nitrogens with zero attached hydrogens (tertiary/aromatic N) is 1. The Labute approximate surface area is 127 Å². The molecular formula is C16H28N2O3.